The smallest absolute Gasteiger partial charge is 0.102 e. The van der Waals surface area contributed by atoms with Gasteiger partial charge in [0.2, 0.25) is 0 Å². The molecule has 2 heterocycles. The minimum atomic E-state index is 0.733. The van der Waals surface area contributed by atoms with Crippen LogP contribution in [-0.4, -0.2) is 9.55 Å². The zero-order chi connectivity index (χ0) is 14.3. The van der Waals surface area contributed by atoms with E-state index >= 15 is 0 Å². The van der Waals surface area contributed by atoms with Crippen LogP contribution in [0.1, 0.15) is 16.7 Å². The molecule has 3 nitrogen and oxygen atoms in total. The van der Waals surface area contributed by atoms with E-state index in [1.54, 1.807) is 12.4 Å². The first kappa shape index (κ1) is 12.4. The SMILES string of the molecule is Cc1ccc2c(c1C)c(C#N)c(-c1cccnc1)n2C. The molecule has 3 heteroatoms. The van der Waals surface area contributed by atoms with Crippen LogP contribution in [-0.2, 0) is 7.05 Å². The van der Waals surface area contributed by atoms with E-state index in [0.29, 0.717) is 0 Å². The first-order valence-corrected chi connectivity index (χ1v) is 6.54. The Morgan fingerprint density at radius 2 is 2.00 bits per heavy atom. The summed E-state index contributed by atoms with van der Waals surface area (Å²) in [6.07, 6.45) is 3.55. The quantitative estimate of drug-likeness (QED) is 0.669. The molecule has 0 aliphatic carbocycles. The molecule has 0 spiro atoms. The van der Waals surface area contributed by atoms with E-state index in [1.165, 1.54) is 11.1 Å². The molecule has 2 aromatic heterocycles. The van der Waals surface area contributed by atoms with E-state index in [0.717, 1.165) is 27.7 Å². The lowest BCUT2D eigenvalue weighted by molar-refractivity contribution is 0.974. The van der Waals surface area contributed by atoms with Gasteiger partial charge in [-0.3, -0.25) is 4.98 Å². The van der Waals surface area contributed by atoms with Gasteiger partial charge in [-0.25, -0.2) is 0 Å². The summed E-state index contributed by atoms with van der Waals surface area (Å²) in [4.78, 5) is 4.16. The Morgan fingerprint density at radius 3 is 2.65 bits per heavy atom. The van der Waals surface area contributed by atoms with Crippen molar-refractivity contribution >= 4 is 10.9 Å². The van der Waals surface area contributed by atoms with Crippen molar-refractivity contribution in [3.63, 3.8) is 0 Å². The third-order valence-electron chi connectivity index (χ3n) is 3.94. The van der Waals surface area contributed by atoms with Crippen LogP contribution in [0.5, 0.6) is 0 Å². The Labute approximate surface area is 118 Å². The van der Waals surface area contributed by atoms with Crippen LogP contribution in [0.15, 0.2) is 36.7 Å². The summed E-state index contributed by atoms with van der Waals surface area (Å²) in [6.45, 7) is 4.15. The number of aromatic nitrogens is 2. The van der Waals surface area contributed by atoms with E-state index in [4.69, 9.17) is 0 Å². The van der Waals surface area contributed by atoms with Crippen molar-refractivity contribution in [2.24, 2.45) is 7.05 Å². The van der Waals surface area contributed by atoms with E-state index in [9.17, 15) is 5.26 Å². The van der Waals surface area contributed by atoms with Crippen molar-refractivity contribution < 1.29 is 0 Å². The van der Waals surface area contributed by atoms with Crippen molar-refractivity contribution in [3.8, 4) is 17.3 Å². The number of benzene rings is 1. The molecule has 3 rings (SSSR count). The second-order valence-corrected chi connectivity index (χ2v) is 5.04. The molecule has 0 amide bonds. The molecule has 0 aliphatic heterocycles. The van der Waals surface area contributed by atoms with Gasteiger partial charge in [0.1, 0.15) is 6.07 Å². The number of nitrogens with zero attached hydrogens (tertiary/aromatic N) is 3. The molecular formula is C17H15N3. The van der Waals surface area contributed by atoms with Gasteiger partial charge in [-0.15, -0.1) is 0 Å². The van der Waals surface area contributed by atoms with Gasteiger partial charge in [-0.2, -0.15) is 5.26 Å². The van der Waals surface area contributed by atoms with Gasteiger partial charge >= 0.3 is 0 Å². The molecule has 0 radical (unpaired) electrons. The third-order valence-corrected chi connectivity index (χ3v) is 3.94. The number of rotatable bonds is 1. The number of aryl methyl sites for hydroxylation is 3. The van der Waals surface area contributed by atoms with Gasteiger partial charge in [0.25, 0.3) is 0 Å². The van der Waals surface area contributed by atoms with Gasteiger partial charge in [0.15, 0.2) is 0 Å². The molecule has 0 unspecified atom stereocenters. The van der Waals surface area contributed by atoms with Crippen molar-refractivity contribution in [1.29, 1.82) is 5.26 Å². The molecule has 3 aromatic rings. The summed E-state index contributed by atoms with van der Waals surface area (Å²) in [5, 5.41) is 10.7. The highest BCUT2D eigenvalue weighted by molar-refractivity contribution is 5.97. The normalized spacial score (nSPS) is 10.7. The topological polar surface area (TPSA) is 41.6 Å². The average Bonchev–Trinajstić information content (AvgIpc) is 2.77. The molecule has 20 heavy (non-hydrogen) atoms. The lowest BCUT2D eigenvalue weighted by atomic mass is 10.0. The van der Waals surface area contributed by atoms with E-state index in [2.05, 4.69) is 41.6 Å². The fraction of sp³-hybridized carbons (Fsp3) is 0.176. The maximum Gasteiger partial charge on any atom is 0.102 e. The standard InChI is InChI=1S/C17H15N3/c1-11-6-7-15-16(12(11)2)14(9-18)17(20(15)3)13-5-4-8-19-10-13/h4-8,10H,1-3H3. The molecule has 0 N–H and O–H groups in total. The molecule has 1 aromatic carbocycles. The van der Waals surface area contributed by atoms with Gasteiger partial charge < -0.3 is 4.57 Å². The molecule has 0 atom stereocenters. The Kier molecular flexibility index (Phi) is 2.80. The first-order valence-electron chi connectivity index (χ1n) is 6.54. The summed E-state index contributed by atoms with van der Waals surface area (Å²) in [6, 6.07) is 10.4. The van der Waals surface area contributed by atoms with Gasteiger partial charge in [-0.1, -0.05) is 6.07 Å². The molecule has 0 saturated heterocycles. The van der Waals surface area contributed by atoms with Crippen molar-refractivity contribution in [1.82, 2.24) is 9.55 Å². The molecule has 98 valence electrons. The summed E-state index contributed by atoms with van der Waals surface area (Å²) in [7, 11) is 2.00. The lowest BCUT2D eigenvalue weighted by Crippen LogP contribution is -1.93. The Bertz CT molecular complexity index is 836. The highest BCUT2D eigenvalue weighted by Crippen LogP contribution is 2.34. The Hall–Kier alpha value is -2.60. The zero-order valence-electron chi connectivity index (χ0n) is 11.8. The molecular weight excluding hydrogens is 246 g/mol. The third kappa shape index (κ3) is 1.62. The minimum absolute atomic E-state index is 0.733. The monoisotopic (exact) mass is 261 g/mol. The fourth-order valence-corrected chi connectivity index (χ4v) is 2.75. The predicted molar refractivity (Wildman–Crippen MR) is 80.3 cm³/mol. The van der Waals surface area contributed by atoms with Crippen LogP contribution in [0, 0.1) is 25.2 Å². The van der Waals surface area contributed by atoms with E-state index in [-0.39, 0.29) is 0 Å². The lowest BCUT2D eigenvalue weighted by Gasteiger charge is -2.04. The number of fused-ring (bicyclic) bond motifs is 1. The summed E-state index contributed by atoms with van der Waals surface area (Å²) in [5.41, 5.74) is 6.10. The molecule has 0 fully saturated rings. The van der Waals surface area contributed by atoms with Crippen LogP contribution >= 0.6 is 0 Å². The zero-order valence-corrected chi connectivity index (χ0v) is 11.8. The van der Waals surface area contributed by atoms with E-state index < -0.39 is 0 Å². The largest absolute Gasteiger partial charge is 0.342 e. The average molecular weight is 261 g/mol. The van der Waals surface area contributed by atoms with Crippen molar-refractivity contribution in [2.75, 3.05) is 0 Å². The van der Waals surface area contributed by atoms with Crippen LogP contribution in [0.4, 0.5) is 0 Å². The van der Waals surface area contributed by atoms with Crippen LogP contribution in [0.2, 0.25) is 0 Å². The van der Waals surface area contributed by atoms with Gasteiger partial charge in [0, 0.05) is 35.9 Å². The predicted octanol–water partition coefficient (Wildman–Crippen LogP) is 3.73. The highest BCUT2D eigenvalue weighted by Gasteiger charge is 2.18. The fourth-order valence-electron chi connectivity index (χ4n) is 2.75. The van der Waals surface area contributed by atoms with Crippen LogP contribution in [0.25, 0.3) is 22.2 Å². The maximum atomic E-state index is 9.62. The number of nitriles is 1. The molecule has 0 saturated carbocycles. The minimum Gasteiger partial charge on any atom is -0.342 e. The first-order chi connectivity index (χ1) is 9.65. The maximum absolute atomic E-state index is 9.62. The number of hydrogen-bond donors (Lipinski definition) is 0. The second-order valence-electron chi connectivity index (χ2n) is 5.04. The van der Waals surface area contributed by atoms with Crippen LogP contribution < -0.4 is 0 Å². The molecule has 0 aliphatic rings. The summed E-state index contributed by atoms with van der Waals surface area (Å²) < 4.78 is 2.08. The Balaban J connectivity index is 2.49. The van der Waals surface area contributed by atoms with E-state index in [1.807, 2.05) is 19.2 Å². The van der Waals surface area contributed by atoms with Crippen LogP contribution in [0.3, 0.4) is 0 Å². The van der Waals surface area contributed by atoms with Gasteiger partial charge in [0.05, 0.1) is 11.3 Å². The summed E-state index contributed by atoms with van der Waals surface area (Å²) in [5.74, 6) is 0. The number of pyridine rings is 1. The van der Waals surface area contributed by atoms with Gasteiger partial charge in [-0.05, 0) is 43.2 Å². The Morgan fingerprint density at radius 1 is 1.20 bits per heavy atom. The molecule has 0 bridgehead atoms. The van der Waals surface area contributed by atoms with Crippen molar-refractivity contribution in [2.45, 2.75) is 13.8 Å². The number of hydrogen-bond acceptors (Lipinski definition) is 2. The second kappa shape index (κ2) is 4.50. The van der Waals surface area contributed by atoms with Crippen molar-refractivity contribution in [3.05, 3.63) is 53.3 Å². The summed E-state index contributed by atoms with van der Waals surface area (Å²) >= 11 is 0. The highest BCUT2D eigenvalue weighted by atomic mass is 15.0.